The van der Waals surface area contributed by atoms with Crippen LogP contribution in [0.2, 0.25) is 5.02 Å². The van der Waals surface area contributed by atoms with Crippen molar-refractivity contribution in [3.63, 3.8) is 0 Å². The summed E-state index contributed by atoms with van der Waals surface area (Å²) < 4.78 is 0. The zero-order chi connectivity index (χ0) is 18.0. The van der Waals surface area contributed by atoms with Gasteiger partial charge in [-0.1, -0.05) is 29.4 Å². The van der Waals surface area contributed by atoms with Crippen molar-refractivity contribution in [1.29, 1.82) is 0 Å². The highest BCUT2D eigenvalue weighted by Gasteiger charge is 2.14. The highest BCUT2D eigenvalue weighted by atomic mass is 35.5. The first-order valence-electron chi connectivity index (χ1n) is 7.65. The molecule has 0 bridgehead atoms. The van der Waals surface area contributed by atoms with Gasteiger partial charge in [0.05, 0.1) is 5.39 Å². The number of halogens is 1. The van der Waals surface area contributed by atoms with Crippen LogP contribution < -0.4 is 11.3 Å². The third-order valence-corrected chi connectivity index (χ3v) is 5.95. The third-order valence-electron chi connectivity index (χ3n) is 3.70. The number of nitrogens with one attached hydrogen (secondary N) is 1. The lowest BCUT2D eigenvalue weighted by Gasteiger charge is -2.04. The number of amides is 1. The number of thiophene rings is 1. The van der Waals surface area contributed by atoms with Gasteiger partial charge in [-0.2, -0.15) is 0 Å². The van der Waals surface area contributed by atoms with Gasteiger partial charge in [0.2, 0.25) is 5.91 Å². The molecule has 5 nitrogen and oxygen atoms in total. The van der Waals surface area contributed by atoms with Crippen LogP contribution in [0.4, 0.5) is 0 Å². The Kier molecular flexibility index (Phi) is 5.46. The predicted molar refractivity (Wildman–Crippen MR) is 105 cm³/mol. The van der Waals surface area contributed by atoms with E-state index >= 15 is 0 Å². The summed E-state index contributed by atoms with van der Waals surface area (Å²) in [4.78, 5) is 31.3. The van der Waals surface area contributed by atoms with Gasteiger partial charge in [0.1, 0.15) is 4.83 Å². The van der Waals surface area contributed by atoms with Gasteiger partial charge < -0.3 is 10.7 Å². The number of carbonyl (C=O) groups is 1. The van der Waals surface area contributed by atoms with E-state index in [-0.39, 0.29) is 11.5 Å². The minimum atomic E-state index is -0.321. The van der Waals surface area contributed by atoms with E-state index in [0.717, 1.165) is 16.7 Å². The van der Waals surface area contributed by atoms with Gasteiger partial charge in [-0.15, -0.1) is 11.3 Å². The molecule has 0 radical (unpaired) electrons. The lowest BCUT2D eigenvalue weighted by atomic mass is 10.0. The number of carbonyl (C=O) groups excluding carboxylic acids is 1. The Morgan fingerprint density at radius 1 is 1.44 bits per heavy atom. The third kappa shape index (κ3) is 4.05. The van der Waals surface area contributed by atoms with Gasteiger partial charge in [-0.25, -0.2) is 4.98 Å². The van der Waals surface area contributed by atoms with Crippen LogP contribution in [0.25, 0.3) is 21.3 Å². The molecule has 1 amide bonds. The van der Waals surface area contributed by atoms with Crippen molar-refractivity contribution in [2.45, 2.75) is 24.9 Å². The molecule has 2 aromatic heterocycles. The summed E-state index contributed by atoms with van der Waals surface area (Å²) in [6, 6.07) is 5.71. The number of aromatic nitrogens is 2. The quantitative estimate of drug-likeness (QED) is 0.376. The average molecular weight is 394 g/mol. The molecule has 1 aromatic carbocycles. The minimum absolute atomic E-state index is 0.161. The van der Waals surface area contributed by atoms with Crippen LogP contribution in [0.5, 0.6) is 0 Å². The maximum Gasteiger partial charge on any atom is 0.260 e. The molecule has 3 aromatic rings. The minimum Gasteiger partial charge on any atom is -0.370 e. The zero-order valence-electron chi connectivity index (χ0n) is 13.5. The molecule has 3 rings (SSSR count). The van der Waals surface area contributed by atoms with Gasteiger partial charge in [0.15, 0.2) is 5.16 Å². The number of fused-ring (bicyclic) bond motifs is 1. The SMILES string of the molecule is Cc1cc(-c2csc3nc(SCCCC(N)=O)[nH]c(=O)c23)ccc1Cl. The number of H-pyrrole nitrogens is 1. The van der Waals surface area contributed by atoms with Crippen LogP contribution in [-0.4, -0.2) is 21.6 Å². The van der Waals surface area contributed by atoms with Crippen LogP contribution in [0.1, 0.15) is 18.4 Å². The van der Waals surface area contributed by atoms with Crippen molar-refractivity contribution in [2.75, 3.05) is 5.75 Å². The first-order chi connectivity index (χ1) is 12.0. The summed E-state index contributed by atoms with van der Waals surface area (Å²) in [5.41, 5.74) is 7.73. The lowest BCUT2D eigenvalue weighted by molar-refractivity contribution is -0.118. The molecular weight excluding hydrogens is 378 g/mol. The highest BCUT2D eigenvalue weighted by Crippen LogP contribution is 2.33. The van der Waals surface area contributed by atoms with Crippen molar-refractivity contribution in [3.8, 4) is 11.1 Å². The van der Waals surface area contributed by atoms with E-state index < -0.39 is 0 Å². The second-order valence-corrected chi connectivity index (χ2v) is 7.93. The van der Waals surface area contributed by atoms with E-state index in [0.29, 0.717) is 39.0 Å². The van der Waals surface area contributed by atoms with Crippen LogP contribution in [-0.2, 0) is 4.79 Å². The molecule has 0 spiro atoms. The number of aryl methyl sites for hydroxylation is 1. The van der Waals surface area contributed by atoms with Crippen LogP contribution in [0.15, 0.2) is 33.5 Å². The Labute approximate surface area is 157 Å². The lowest BCUT2D eigenvalue weighted by Crippen LogP contribution is -2.11. The van der Waals surface area contributed by atoms with E-state index in [4.69, 9.17) is 17.3 Å². The summed E-state index contributed by atoms with van der Waals surface area (Å²) in [6.45, 7) is 1.93. The number of nitrogens with two attached hydrogens (primary N) is 1. The number of nitrogens with zero attached hydrogens (tertiary/aromatic N) is 1. The van der Waals surface area contributed by atoms with Crippen molar-refractivity contribution < 1.29 is 4.79 Å². The Bertz CT molecular complexity index is 997. The highest BCUT2D eigenvalue weighted by molar-refractivity contribution is 7.99. The summed E-state index contributed by atoms with van der Waals surface area (Å²) in [7, 11) is 0. The summed E-state index contributed by atoms with van der Waals surface area (Å²) in [6.07, 6.45) is 0.986. The van der Waals surface area contributed by atoms with Gasteiger partial charge in [0.25, 0.3) is 5.56 Å². The molecule has 0 fully saturated rings. The van der Waals surface area contributed by atoms with E-state index in [1.807, 2.05) is 30.5 Å². The fourth-order valence-corrected chi connectivity index (χ4v) is 4.36. The van der Waals surface area contributed by atoms with Gasteiger partial charge in [-0.05, 0) is 36.6 Å². The van der Waals surface area contributed by atoms with Crippen molar-refractivity contribution >= 4 is 50.8 Å². The maximum absolute atomic E-state index is 12.5. The van der Waals surface area contributed by atoms with Gasteiger partial charge >= 0.3 is 0 Å². The molecule has 0 saturated heterocycles. The first kappa shape index (κ1) is 18.0. The van der Waals surface area contributed by atoms with Crippen molar-refractivity contribution in [2.24, 2.45) is 5.73 Å². The van der Waals surface area contributed by atoms with Crippen LogP contribution in [0.3, 0.4) is 0 Å². The summed E-state index contributed by atoms with van der Waals surface area (Å²) in [5.74, 6) is 0.352. The Balaban J connectivity index is 1.90. The number of aromatic amines is 1. The van der Waals surface area contributed by atoms with Crippen molar-refractivity contribution in [3.05, 3.63) is 44.5 Å². The molecule has 0 atom stereocenters. The van der Waals surface area contributed by atoms with E-state index in [9.17, 15) is 9.59 Å². The number of benzene rings is 1. The standard InChI is InChI=1S/C17H16ClN3O2S2/c1-9-7-10(4-5-12(9)18)11-8-25-16-14(11)15(23)20-17(21-16)24-6-2-3-13(19)22/h4-5,7-8H,2-3,6H2,1H3,(H2,19,22)(H,20,21,23). The number of hydrogen-bond donors (Lipinski definition) is 2. The smallest absolute Gasteiger partial charge is 0.260 e. The Hall–Kier alpha value is -1.83. The van der Waals surface area contributed by atoms with Gasteiger partial charge in [-0.3, -0.25) is 9.59 Å². The molecule has 0 saturated carbocycles. The monoisotopic (exact) mass is 393 g/mol. The molecule has 0 aliphatic rings. The molecular formula is C17H16ClN3O2S2. The number of thioether (sulfide) groups is 1. The second-order valence-electron chi connectivity index (χ2n) is 5.58. The van der Waals surface area contributed by atoms with Crippen LogP contribution in [0, 0.1) is 6.92 Å². The fraction of sp³-hybridized carbons (Fsp3) is 0.235. The molecule has 130 valence electrons. The summed E-state index contributed by atoms with van der Waals surface area (Å²) >= 11 is 8.94. The first-order valence-corrected chi connectivity index (χ1v) is 9.89. The number of rotatable bonds is 6. The Morgan fingerprint density at radius 2 is 2.24 bits per heavy atom. The molecule has 0 aliphatic carbocycles. The molecule has 0 unspecified atom stereocenters. The fourth-order valence-electron chi connectivity index (χ4n) is 2.44. The molecule has 2 heterocycles. The molecule has 3 N–H and O–H groups in total. The predicted octanol–water partition coefficient (Wildman–Crippen LogP) is 3.97. The molecule has 8 heteroatoms. The topological polar surface area (TPSA) is 88.8 Å². The van der Waals surface area contributed by atoms with Crippen LogP contribution >= 0.6 is 34.7 Å². The summed E-state index contributed by atoms with van der Waals surface area (Å²) in [5, 5.41) is 3.79. The van der Waals surface area contributed by atoms with E-state index in [1.54, 1.807) is 0 Å². The second kappa shape index (κ2) is 7.59. The zero-order valence-corrected chi connectivity index (χ0v) is 15.9. The van der Waals surface area contributed by atoms with Crippen molar-refractivity contribution in [1.82, 2.24) is 9.97 Å². The molecule has 0 aliphatic heterocycles. The number of primary amides is 1. The van der Waals surface area contributed by atoms with Gasteiger partial charge in [0, 0.05) is 28.1 Å². The largest absolute Gasteiger partial charge is 0.370 e. The normalized spacial score (nSPS) is 11.1. The molecule has 25 heavy (non-hydrogen) atoms. The number of hydrogen-bond acceptors (Lipinski definition) is 5. The van der Waals surface area contributed by atoms with E-state index in [1.165, 1.54) is 23.1 Å². The Morgan fingerprint density at radius 3 is 2.96 bits per heavy atom. The maximum atomic E-state index is 12.5. The van der Waals surface area contributed by atoms with E-state index in [2.05, 4.69) is 9.97 Å². The average Bonchev–Trinajstić information content (AvgIpc) is 2.98.